The minimum Gasteiger partial charge on any atom is -0.465 e. The van der Waals surface area contributed by atoms with Gasteiger partial charge in [-0.3, -0.25) is 25.1 Å². The van der Waals surface area contributed by atoms with Crippen molar-refractivity contribution in [2.24, 2.45) is 0 Å². The van der Waals surface area contributed by atoms with Crippen LogP contribution in [0.2, 0.25) is 0 Å². The maximum absolute atomic E-state index is 12.4. The van der Waals surface area contributed by atoms with Crippen LogP contribution in [-0.4, -0.2) is 29.8 Å². The molecule has 1 aromatic carbocycles. The smallest absolute Gasteiger partial charge is 0.433 e. The Balaban J connectivity index is 1.85. The minimum absolute atomic E-state index is 0.00177. The van der Waals surface area contributed by atoms with Gasteiger partial charge in [-0.1, -0.05) is 0 Å². The number of hydrogen-bond acceptors (Lipinski definition) is 7. The second kappa shape index (κ2) is 6.51. The summed E-state index contributed by atoms with van der Waals surface area (Å²) in [7, 11) is 1.25. The molecule has 1 aliphatic rings. The fourth-order valence-electron chi connectivity index (χ4n) is 2.26. The quantitative estimate of drug-likeness (QED) is 0.288. The first-order valence-electron chi connectivity index (χ1n) is 7.20. The van der Waals surface area contributed by atoms with E-state index in [4.69, 9.17) is 4.42 Å². The van der Waals surface area contributed by atoms with Gasteiger partial charge in [0.25, 0.3) is 11.8 Å². The molecule has 2 heterocycles. The Hall–Kier alpha value is -3.95. The largest absolute Gasteiger partial charge is 0.465 e. The number of esters is 1. The number of hydrogen-bond donors (Lipinski definition) is 1. The summed E-state index contributed by atoms with van der Waals surface area (Å²) in [5, 5.41) is 11.6. The van der Waals surface area contributed by atoms with Gasteiger partial charge in [0, 0.05) is 0 Å². The summed E-state index contributed by atoms with van der Waals surface area (Å²) in [6.07, 6.45) is 1.12. The van der Waals surface area contributed by atoms with Crippen molar-refractivity contribution in [3.63, 3.8) is 0 Å². The lowest BCUT2D eigenvalue weighted by atomic mass is 10.2. The third-order valence-electron chi connectivity index (χ3n) is 3.52. The van der Waals surface area contributed by atoms with Crippen molar-refractivity contribution < 1.29 is 28.5 Å². The highest BCUT2D eigenvalue weighted by molar-refractivity contribution is 6.31. The summed E-state index contributed by atoms with van der Waals surface area (Å²) in [5.41, 5.74) is 2.73. The maximum Gasteiger partial charge on any atom is 0.433 e. The third kappa shape index (κ3) is 3.02. The number of nitrogens with one attached hydrogen (secondary N) is 1. The first-order valence-corrected chi connectivity index (χ1v) is 7.20. The van der Waals surface area contributed by atoms with E-state index in [1.165, 1.54) is 37.4 Å². The van der Waals surface area contributed by atoms with Gasteiger partial charge in [0.1, 0.15) is 16.3 Å². The molecule has 0 saturated carbocycles. The van der Waals surface area contributed by atoms with Crippen LogP contribution in [0.3, 0.4) is 0 Å². The summed E-state index contributed by atoms with van der Waals surface area (Å²) >= 11 is 0. The second-order valence-electron chi connectivity index (χ2n) is 5.11. The maximum atomic E-state index is 12.4. The van der Waals surface area contributed by atoms with Gasteiger partial charge in [0.15, 0.2) is 0 Å². The van der Waals surface area contributed by atoms with Gasteiger partial charge in [-0.25, -0.2) is 9.80 Å². The van der Waals surface area contributed by atoms with E-state index in [0.29, 0.717) is 5.69 Å². The molecule has 0 bridgehead atoms. The second-order valence-corrected chi connectivity index (χ2v) is 5.11. The zero-order valence-electron chi connectivity index (χ0n) is 13.3. The zero-order chi connectivity index (χ0) is 18.8. The van der Waals surface area contributed by atoms with Crippen LogP contribution in [0.15, 0.2) is 46.4 Å². The molecule has 10 heteroatoms. The van der Waals surface area contributed by atoms with Crippen molar-refractivity contribution in [1.82, 2.24) is 5.43 Å². The van der Waals surface area contributed by atoms with Crippen LogP contribution in [0.5, 0.6) is 0 Å². The highest BCUT2D eigenvalue weighted by Crippen LogP contribution is 2.24. The van der Waals surface area contributed by atoms with E-state index in [0.717, 1.165) is 17.2 Å². The molecule has 0 spiro atoms. The first kappa shape index (κ1) is 16.9. The van der Waals surface area contributed by atoms with Crippen LogP contribution in [0.25, 0.3) is 6.08 Å². The molecule has 10 nitrogen and oxygen atoms in total. The first-order chi connectivity index (χ1) is 12.4. The number of amides is 2. The molecule has 0 atom stereocenters. The predicted molar refractivity (Wildman–Crippen MR) is 86.7 cm³/mol. The van der Waals surface area contributed by atoms with Gasteiger partial charge in [0.2, 0.25) is 0 Å². The molecule has 0 aliphatic carbocycles. The average molecular weight is 357 g/mol. The van der Waals surface area contributed by atoms with Crippen molar-refractivity contribution in [3.05, 3.63) is 63.4 Å². The number of nitro groups is 1. The van der Waals surface area contributed by atoms with E-state index in [1.54, 1.807) is 0 Å². The normalized spacial score (nSPS) is 15.3. The lowest BCUT2D eigenvalue weighted by Crippen LogP contribution is -2.35. The van der Waals surface area contributed by atoms with E-state index in [2.05, 4.69) is 10.2 Å². The van der Waals surface area contributed by atoms with Crippen LogP contribution >= 0.6 is 0 Å². The molecule has 0 unspecified atom stereocenters. The van der Waals surface area contributed by atoms with E-state index >= 15 is 0 Å². The van der Waals surface area contributed by atoms with Gasteiger partial charge >= 0.3 is 11.9 Å². The summed E-state index contributed by atoms with van der Waals surface area (Å²) in [6, 6.07) is 8.21. The highest BCUT2D eigenvalue weighted by Gasteiger charge is 2.35. The van der Waals surface area contributed by atoms with Crippen molar-refractivity contribution >= 4 is 35.4 Å². The molecular weight excluding hydrogens is 346 g/mol. The van der Waals surface area contributed by atoms with E-state index in [9.17, 15) is 24.5 Å². The molecule has 2 aromatic rings. The van der Waals surface area contributed by atoms with E-state index in [1.807, 2.05) is 0 Å². The summed E-state index contributed by atoms with van der Waals surface area (Å²) in [4.78, 5) is 45.8. The summed E-state index contributed by atoms with van der Waals surface area (Å²) in [5.74, 6) is -2.39. The fourth-order valence-corrected chi connectivity index (χ4v) is 2.26. The molecule has 3 rings (SSSR count). The molecule has 132 valence electrons. The van der Waals surface area contributed by atoms with Crippen molar-refractivity contribution in [2.45, 2.75) is 0 Å². The Morgan fingerprint density at radius 2 is 1.92 bits per heavy atom. The van der Waals surface area contributed by atoms with Gasteiger partial charge in [-0.15, -0.1) is 0 Å². The van der Waals surface area contributed by atoms with Crippen LogP contribution in [0, 0.1) is 10.1 Å². The molecule has 1 aromatic heterocycles. The highest BCUT2D eigenvalue weighted by atomic mass is 16.6. The van der Waals surface area contributed by atoms with Crippen LogP contribution < -0.4 is 10.4 Å². The number of carbonyl (C=O) groups is 3. The molecule has 1 saturated heterocycles. The number of benzene rings is 1. The lowest BCUT2D eigenvalue weighted by Gasteiger charge is -2.14. The Kier molecular flexibility index (Phi) is 4.23. The summed E-state index contributed by atoms with van der Waals surface area (Å²) < 4.78 is 9.51. The molecular formula is C16H11N3O7. The Bertz CT molecular complexity index is 943. The topological polar surface area (TPSA) is 132 Å². The standard InChI is InChI=1S/C16H11N3O7/c1-25-16(22)9-2-4-10(5-3-9)18-15(21)12(14(20)17-18)8-11-6-7-13(26-11)19(23)24/h2-8H,1H3,(H,17,20). The lowest BCUT2D eigenvalue weighted by molar-refractivity contribution is -0.402. The molecule has 1 N–H and O–H groups in total. The van der Waals surface area contributed by atoms with Crippen LogP contribution in [0.1, 0.15) is 16.1 Å². The number of rotatable bonds is 4. The SMILES string of the molecule is COC(=O)c1ccc(N2NC(=O)C(=Cc3ccc([N+](=O)[O-])o3)C2=O)cc1. The van der Waals surface area contributed by atoms with E-state index < -0.39 is 28.6 Å². The number of carbonyl (C=O) groups excluding carboxylic acids is 3. The van der Waals surface area contributed by atoms with Gasteiger partial charge in [0.05, 0.1) is 24.4 Å². The molecule has 0 radical (unpaired) electrons. The molecule has 2 amide bonds. The van der Waals surface area contributed by atoms with Crippen molar-refractivity contribution in [2.75, 3.05) is 12.1 Å². The van der Waals surface area contributed by atoms with Crippen molar-refractivity contribution in [3.8, 4) is 0 Å². The number of nitrogens with zero attached hydrogens (tertiary/aromatic N) is 2. The number of furan rings is 1. The summed E-state index contributed by atoms with van der Waals surface area (Å²) in [6.45, 7) is 0. The number of ether oxygens (including phenoxy) is 1. The predicted octanol–water partition coefficient (Wildman–Crippen LogP) is 1.44. The molecule has 1 fully saturated rings. The average Bonchev–Trinajstić information content (AvgIpc) is 3.22. The van der Waals surface area contributed by atoms with Crippen LogP contribution in [-0.2, 0) is 14.3 Å². The Morgan fingerprint density at radius 1 is 1.23 bits per heavy atom. The number of anilines is 1. The van der Waals surface area contributed by atoms with Gasteiger partial charge in [-0.2, -0.15) is 0 Å². The van der Waals surface area contributed by atoms with Gasteiger partial charge < -0.3 is 9.15 Å². The minimum atomic E-state index is -0.728. The number of hydrazine groups is 1. The fraction of sp³-hybridized carbons (Fsp3) is 0.0625. The monoisotopic (exact) mass is 357 g/mol. The van der Waals surface area contributed by atoms with Crippen molar-refractivity contribution in [1.29, 1.82) is 0 Å². The zero-order valence-corrected chi connectivity index (χ0v) is 13.3. The van der Waals surface area contributed by atoms with Gasteiger partial charge in [-0.05, 0) is 36.4 Å². The van der Waals surface area contributed by atoms with E-state index in [-0.39, 0.29) is 16.9 Å². The number of methoxy groups -OCH3 is 1. The Morgan fingerprint density at radius 3 is 2.50 bits per heavy atom. The Labute approximate surface area is 145 Å². The third-order valence-corrected chi connectivity index (χ3v) is 3.52. The van der Waals surface area contributed by atoms with Crippen LogP contribution in [0.4, 0.5) is 11.6 Å². The molecule has 26 heavy (non-hydrogen) atoms. The molecule has 1 aliphatic heterocycles.